The zero-order valence-corrected chi connectivity index (χ0v) is 18.1. The second kappa shape index (κ2) is 7.72. The number of aromatic nitrogens is 3. The second-order valence-corrected chi connectivity index (χ2v) is 8.02. The van der Waals surface area contributed by atoms with Crippen molar-refractivity contribution in [1.29, 1.82) is 0 Å². The number of halogens is 1. The minimum absolute atomic E-state index is 0.0115. The van der Waals surface area contributed by atoms with Crippen LogP contribution in [-0.4, -0.2) is 26.9 Å². The Morgan fingerprint density at radius 3 is 2.47 bits per heavy atom. The number of carbonyl (C=O) groups excluding carboxylic acids is 1. The number of primary amides is 1. The van der Waals surface area contributed by atoms with Gasteiger partial charge in [0.05, 0.1) is 23.4 Å². The molecule has 4 aromatic rings. The quantitative estimate of drug-likeness (QED) is 0.494. The Labute approximate surface area is 188 Å². The summed E-state index contributed by atoms with van der Waals surface area (Å²) in [6.07, 6.45) is -0.0115. The molecule has 160 valence electrons. The van der Waals surface area contributed by atoms with Crippen molar-refractivity contribution >= 4 is 23.2 Å². The minimum atomic E-state index is -0.615. The Morgan fingerprint density at radius 1 is 1.03 bits per heavy atom. The molecule has 1 aliphatic heterocycles. The van der Waals surface area contributed by atoms with Crippen LogP contribution in [0.15, 0.2) is 56.5 Å². The van der Waals surface area contributed by atoms with Crippen LogP contribution in [0.1, 0.15) is 40.9 Å². The van der Waals surface area contributed by atoms with Gasteiger partial charge in [0.25, 0.3) is 5.89 Å². The summed E-state index contributed by atoms with van der Waals surface area (Å²) in [4.78, 5) is 21.1. The standard InChI is InChI=1S/C23H18ClN5O3/c1-11-20-16-8-5-14(23-26-12(2)29-32-23)9-17(16)21(13-3-6-15(24)7-4-13)27-18(10-19(25)30)22(20)31-28-11/h3-9,18H,10H2,1-2H3,(H2,25,30)/t18-/m0/s1. The highest BCUT2D eigenvalue weighted by Crippen LogP contribution is 2.41. The molecular formula is C23H18ClN5O3. The van der Waals surface area contributed by atoms with E-state index >= 15 is 0 Å². The van der Waals surface area contributed by atoms with E-state index in [1.165, 1.54) is 0 Å². The first-order chi connectivity index (χ1) is 15.4. The largest absolute Gasteiger partial charge is 0.370 e. The first kappa shape index (κ1) is 20.1. The summed E-state index contributed by atoms with van der Waals surface area (Å²) < 4.78 is 11.0. The van der Waals surface area contributed by atoms with Crippen LogP contribution in [0, 0.1) is 13.8 Å². The van der Waals surface area contributed by atoms with E-state index in [1.54, 1.807) is 19.1 Å². The molecule has 1 amide bonds. The Balaban J connectivity index is 1.79. The van der Waals surface area contributed by atoms with E-state index in [-0.39, 0.29) is 6.42 Å². The molecule has 0 unspecified atom stereocenters. The van der Waals surface area contributed by atoms with Crippen molar-refractivity contribution in [3.63, 3.8) is 0 Å². The molecule has 8 nitrogen and oxygen atoms in total. The van der Waals surface area contributed by atoms with Crippen molar-refractivity contribution in [3.8, 4) is 22.6 Å². The number of hydrogen-bond donors (Lipinski definition) is 1. The predicted octanol–water partition coefficient (Wildman–Crippen LogP) is 4.43. The van der Waals surface area contributed by atoms with Gasteiger partial charge in [-0.1, -0.05) is 40.1 Å². The summed E-state index contributed by atoms with van der Waals surface area (Å²) in [5.74, 6) is 0.969. The van der Waals surface area contributed by atoms with Gasteiger partial charge in [-0.25, -0.2) is 0 Å². The molecule has 0 aliphatic carbocycles. The van der Waals surface area contributed by atoms with Gasteiger partial charge in [0, 0.05) is 21.7 Å². The third-order valence-electron chi connectivity index (χ3n) is 5.31. The lowest BCUT2D eigenvalue weighted by Gasteiger charge is -2.12. The SMILES string of the molecule is Cc1noc(-c2ccc3c(c2)C(c2ccc(Cl)cc2)=N[C@@H](CC(N)=O)c2onc(C)c2-3)n1. The number of nitrogens with zero attached hydrogens (tertiary/aromatic N) is 4. The summed E-state index contributed by atoms with van der Waals surface area (Å²) in [6.45, 7) is 3.62. The van der Waals surface area contributed by atoms with Crippen molar-refractivity contribution in [2.24, 2.45) is 10.7 Å². The lowest BCUT2D eigenvalue weighted by Crippen LogP contribution is -2.15. The molecule has 0 saturated heterocycles. The van der Waals surface area contributed by atoms with Crippen LogP contribution in [0.5, 0.6) is 0 Å². The summed E-state index contributed by atoms with van der Waals surface area (Å²) in [5.41, 5.74) is 11.0. The summed E-state index contributed by atoms with van der Waals surface area (Å²) in [6, 6.07) is 12.5. The topological polar surface area (TPSA) is 120 Å². The number of fused-ring (bicyclic) bond motifs is 3. The van der Waals surface area contributed by atoms with E-state index in [9.17, 15) is 4.79 Å². The van der Waals surface area contributed by atoms with Crippen molar-refractivity contribution in [2.45, 2.75) is 26.3 Å². The van der Waals surface area contributed by atoms with E-state index in [0.29, 0.717) is 33.9 Å². The Hall–Kier alpha value is -3.78. The van der Waals surface area contributed by atoms with Gasteiger partial charge in [0.15, 0.2) is 11.6 Å². The van der Waals surface area contributed by atoms with Crippen LogP contribution in [0.3, 0.4) is 0 Å². The number of aryl methyl sites for hydroxylation is 2. The lowest BCUT2D eigenvalue weighted by molar-refractivity contribution is -0.118. The monoisotopic (exact) mass is 447 g/mol. The van der Waals surface area contributed by atoms with Gasteiger partial charge in [-0.15, -0.1) is 0 Å². The van der Waals surface area contributed by atoms with Crippen molar-refractivity contribution in [2.75, 3.05) is 0 Å². The fourth-order valence-corrected chi connectivity index (χ4v) is 4.02. The van der Waals surface area contributed by atoms with Gasteiger partial charge >= 0.3 is 0 Å². The van der Waals surface area contributed by atoms with Gasteiger partial charge < -0.3 is 14.8 Å². The molecule has 1 atom stereocenters. The first-order valence-electron chi connectivity index (χ1n) is 9.94. The van der Waals surface area contributed by atoms with Gasteiger partial charge in [0.2, 0.25) is 5.91 Å². The number of hydrogen-bond acceptors (Lipinski definition) is 7. The molecule has 2 aromatic carbocycles. The van der Waals surface area contributed by atoms with Crippen LogP contribution < -0.4 is 5.73 Å². The molecule has 1 aliphatic rings. The molecular weight excluding hydrogens is 430 g/mol. The zero-order valence-electron chi connectivity index (χ0n) is 17.3. The molecule has 0 saturated carbocycles. The third-order valence-corrected chi connectivity index (χ3v) is 5.56. The van der Waals surface area contributed by atoms with Crippen LogP contribution >= 0.6 is 11.6 Å². The van der Waals surface area contributed by atoms with E-state index < -0.39 is 11.9 Å². The van der Waals surface area contributed by atoms with Crippen LogP contribution in [0.25, 0.3) is 22.6 Å². The summed E-state index contributed by atoms with van der Waals surface area (Å²) in [7, 11) is 0. The van der Waals surface area contributed by atoms with Crippen molar-refractivity contribution in [3.05, 3.63) is 75.9 Å². The van der Waals surface area contributed by atoms with Gasteiger partial charge in [0.1, 0.15) is 6.04 Å². The highest BCUT2D eigenvalue weighted by Gasteiger charge is 2.31. The summed E-state index contributed by atoms with van der Waals surface area (Å²) >= 11 is 6.11. The Kier molecular flexibility index (Phi) is 4.86. The maximum absolute atomic E-state index is 11.8. The molecule has 0 radical (unpaired) electrons. The van der Waals surface area contributed by atoms with E-state index in [0.717, 1.165) is 27.8 Å². The van der Waals surface area contributed by atoms with E-state index in [2.05, 4.69) is 15.3 Å². The predicted molar refractivity (Wildman–Crippen MR) is 118 cm³/mol. The molecule has 2 aromatic heterocycles. The van der Waals surface area contributed by atoms with Crippen molar-refractivity contribution < 1.29 is 13.8 Å². The molecule has 32 heavy (non-hydrogen) atoms. The minimum Gasteiger partial charge on any atom is -0.370 e. The highest BCUT2D eigenvalue weighted by molar-refractivity contribution is 6.30. The molecule has 0 spiro atoms. The second-order valence-electron chi connectivity index (χ2n) is 7.59. The van der Waals surface area contributed by atoms with Crippen LogP contribution in [0.4, 0.5) is 0 Å². The Morgan fingerprint density at radius 2 is 1.78 bits per heavy atom. The molecule has 2 N–H and O–H groups in total. The number of rotatable bonds is 4. The van der Waals surface area contributed by atoms with Gasteiger partial charge in [-0.2, -0.15) is 4.98 Å². The zero-order chi connectivity index (χ0) is 22.4. The van der Waals surface area contributed by atoms with Crippen LogP contribution in [-0.2, 0) is 4.79 Å². The maximum Gasteiger partial charge on any atom is 0.257 e. The normalized spacial score (nSPS) is 15.0. The number of nitrogens with two attached hydrogens (primary N) is 1. The van der Waals surface area contributed by atoms with Crippen molar-refractivity contribution in [1.82, 2.24) is 15.3 Å². The number of benzene rings is 2. The maximum atomic E-state index is 11.8. The molecule has 5 rings (SSSR count). The third kappa shape index (κ3) is 3.48. The van der Waals surface area contributed by atoms with E-state index in [4.69, 9.17) is 31.4 Å². The first-order valence-corrected chi connectivity index (χ1v) is 10.3. The lowest BCUT2D eigenvalue weighted by atomic mass is 9.91. The number of amides is 1. The number of carbonyl (C=O) groups is 1. The fraction of sp³-hybridized carbons (Fsp3) is 0.174. The van der Waals surface area contributed by atoms with Gasteiger partial charge in [-0.3, -0.25) is 9.79 Å². The average molecular weight is 448 g/mol. The molecule has 9 heteroatoms. The van der Waals surface area contributed by atoms with Gasteiger partial charge in [-0.05, 0) is 43.7 Å². The highest BCUT2D eigenvalue weighted by atomic mass is 35.5. The fourth-order valence-electron chi connectivity index (χ4n) is 3.90. The van der Waals surface area contributed by atoms with Crippen LogP contribution in [0.2, 0.25) is 5.02 Å². The number of aliphatic imine (C=N–C) groups is 1. The molecule has 0 bridgehead atoms. The Bertz CT molecular complexity index is 1370. The molecule has 3 heterocycles. The van der Waals surface area contributed by atoms with E-state index in [1.807, 2.05) is 37.3 Å². The average Bonchev–Trinajstić information content (AvgIpc) is 3.33. The summed E-state index contributed by atoms with van der Waals surface area (Å²) in [5, 5.41) is 8.63. The molecule has 0 fully saturated rings. The smallest absolute Gasteiger partial charge is 0.257 e.